The molecule has 0 spiro atoms. The van der Waals surface area contributed by atoms with Gasteiger partial charge in [-0.2, -0.15) is 5.26 Å². The SMILES string of the molecule is Cc1ccc(S(=O)(=O)C=CC#N)cc1C. The van der Waals surface area contributed by atoms with Crippen molar-refractivity contribution < 1.29 is 8.42 Å². The maximum Gasteiger partial charge on any atom is 0.200 e. The molecule has 0 unspecified atom stereocenters. The van der Waals surface area contributed by atoms with Crippen LogP contribution in [-0.2, 0) is 9.84 Å². The third-order valence-corrected chi connectivity index (χ3v) is 3.53. The summed E-state index contributed by atoms with van der Waals surface area (Å²) in [5.41, 5.74) is 1.96. The summed E-state index contributed by atoms with van der Waals surface area (Å²) in [6.45, 7) is 3.76. The van der Waals surface area contributed by atoms with Crippen molar-refractivity contribution in [1.29, 1.82) is 5.26 Å². The molecular formula is C11H11NO2S. The van der Waals surface area contributed by atoms with Crippen LogP contribution in [0.3, 0.4) is 0 Å². The number of hydrogen-bond donors (Lipinski definition) is 0. The molecule has 0 radical (unpaired) electrons. The number of benzene rings is 1. The van der Waals surface area contributed by atoms with Crippen LogP contribution >= 0.6 is 0 Å². The molecule has 0 atom stereocenters. The first-order valence-electron chi connectivity index (χ1n) is 4.36. The third kappa shape index (κ3) is 2.67. The van der Waals surface area contributed by atoms with Gasteiger partial charge < -0.3 is 0 Å². The van der Waals surface area contributed by atoms with Gasteiger partial charge >= 0.3 is 0 Å². The topological polar surface area (TPSA) is 57.9 Å². The van der Waals surface area contributed by atoms with Crippen LogP contribution in [0.4, 0.5) is 0 Å². The summed E-state index contributed by atoms with van der Waals surface area (Å²) in [5, 5.41) is 9.19. The normalized spacial score (nSPS) is 11.5. The zero-order chi connectivity index (χ0) is 11.5. The minimum absolute atomic E-state index is 0.220. The first-order valence-corrected chi connectivity index (χ1v) is 5.90. The summed E-state index contributed by atoms with van der Waals surface area (Å²) in [6, 6.07) is 6.56. The molecule has 0 N–H and O–H groups in total. The smallest absolute Gasteiger partial charge is 0.200 e. The number of allylic oxidation sites excluding steroid dienone is 1. The number of nitrogens with zero attached hydrogens (tertiary/aromatic N) is 1. The average molecular weight is 221 g/mol. The average Bonchev–Trinajstić information content (AvgIpc) is 2.19. The Morgan fingerprint density at radius 3 is 2.47 bits per heavy atom. The van der Waals surface area contributed by atoms with Crippen molar-refractivity contribution in [2.75, 3.05) is 0 Å². The molecule has 1 rings (SSSR count). The molecule has 0 amide bonds. The second-order valence-electron chi connectivity index (χ2n) is 3.22. The van der Waals surface area contributed by atoms with Gasteiger partial charge in [-0.3, -0.25) is 0 Å². The Bertz CT molecular complexity index is 536. The molecule has 0 fully saturated rings. The van der Waals surface area contributed by atoms with Crippen molar-refractivity contribution in [3.05, 3.63) is 40.8 Å². The van der Waals surface area contributed by atoms with Crippen LogP contribution in [0.25, 0.3) is 0 Å². The molecule has 78 valence electrons. The zero-order valence-electron chi connectivity index (χ0n) is 8.56. The highest BCUT2D eigenvalue weighted by Crippen LogP contribution is 2.16. The second kappa shape index (κ2) is 4.28. The summed E-state index contributed by atoms with van der Waals surface area (Å²) in [6.07, 6.45) is 0.963. The molecule has 0 aliphatic carbocycles. The third-order valence-electron chi connectivity index (χ3n) is 2.13. The molecule has 0 aliphatic rings. The molecule has 0 saturated carbocycles. The highest BCUT2D eigenvalue weighted by Gasteiger charge is 2.10. The van der Waals surface area contributed by atoms with Gasteiger partial charge in [-0.1, -0.05) is 6.07 Å². The minimum atomic E-state index is -3.46. The van der Waals surface area contributed by atoms with Crippen LogP contribution in [-0.4, -0.2) is 8.42 Å². The molecule has 0 aliphatic heterocycles. The fourth-order valence-corrected chi connectivity index (χ4v) is 2.09. The van der Waals surface area contributed by atoms with Crippen molar-refractivity contribution in [2.45, 2.75) is 18.7 Å². The van der Waals surface area contributed by atoms with Crippen LogP contribution in [0.1, 0.15) is 11.1 Å². The van der Waals surface area contributed by atoms with E-state index >= 15 is 0 Å². The molecule has 1 aromatic carbocycles. The largest absolute Gasteiger partial charge is 0.219 e. The number of nitriles is 1. The highest BCUT2D eigenvalue weighted by atomic mass is 32.2. The first kappa shape index (κ1) is 11.5. The van der Waals surface area contributed by atoms with E-state index in [0.29, 0.717) is 0 Å². The quantitative estimate of drug-likeness (QED) is 0.719. The maximum atomic E-state index is 11.6. The minimum Gasteiger partial charge on any atom is -0.219 e. The van der Waals surface area contributed by atoms with Gasteiger partial charge in [-0.15, -0.1) is 0 Å². The predicted octanol–water partition coefficient (Wildman–Crippen LogP) is 2.11. The van der Waals surface area contributed by atoms with Crippen LogP contribution in [0.2, 0.25) is 0 Å². The van der Waals surface area contributed by atoms with E-state index in [9.17, 15) is 8.42 Å². The molecular weight excluding hydrogens is 210 g/mol. The van der Waals surface area contributed by atoms with Crippen LogP contribution in [0.5, 0.6) is 0 Å². The predicted molar refractivity (Wildman–Crippen MR) is 57.9 cm³/mol. The maximum absolute atomic E-state index is 11.6. The van der Waals surface area contributed by atoms with Crippen molar-refractivity contribution in [3.63, 3.8) is 0 Å². The fourth-order valence-electron chi connectivity index (χ4n) is 1.09. The number of sulfone groups is 1. The zero-order valence-corrected chi connectivity index (χ0v) is 9.38. The lowest BCUT2D eigenvalue weighted by Crippen LogP contribution is -1.97. The molecule has 0 saturated heterocycles. The molecule has 1 aromatic rings. The molecule has 15 heavy (non-hydrogen) atoms. The second-order valence-corrected chi connectivity index (χ2v) is 5.06. The van der Waals surface area contributed by atoms with Gasteiger partial charge in [0.2, 0.25) is 9.84 Å². The van der Waals surface area contributed by atoms with Crippen LogP contribution in [0.15, 0.2) is 34.6 Å². The number of aryl methyl sites for hydroxylation is 2. The number of rotatable bonds is 2. The summed E-state index contributed by atoms with van der Waals surface area (Å²) in [4.78, 5) is 0.220. The lowest BCUT2D eigenvalue weighted by atomic mass is 10.1. The Hall–Kier alpha value is -1.60. The Morgan fingerprint density at radius 2 is 1.93 bits per heavy atom. The highest BCUT2D eigenvalue weighted by molar-refractivity contribution is 7.94. The molecule has 0 bridgehead atoms. The Balaban J connectivity index is 3.24. The Morgan fingerprint density at radius 1 is 1.27 bits per heavy atom. The van der Waals surface area contributed by atoms with E-state index in [0.717, 1.165) is 22.6 Å². The van der Waals surface area contributed by atoms with Crippen molar-refractivity contribution in [2.24, 2.45) is 0 Å². The fraction of sp³-hybridized carbons (Fsp3) is 0.182. The van der Waals surface area contributed by atoms with E-state index < -0.39 is 9.84 Å². The summed E-state index contributed by atoms with van der Waals surface area (Å²) < 4.78 is 23.2. The van der Waals surface area contributed by atoms with Gasteiger partial charge in [0.25, 0.3) is 0 Å². The van der Waals surface area contributed by atoms with E-state index in [4.69, 9.17) is 5.26 Å². The van der Waals surface area contributed by atoms with Gasteiger partial charge in [0, 0.05) is 11.5 Å². The monoisotopic (exact) mass is 221 g/mol. The van der Waals surface area contributed by atoms with Crippen molar-refractivity contribution in [1.82, 2.24) is 0 Å². The Labute approximate surface area is 89.6 Å². The molecule has 0 heterocycles. The van der Waals surface area contributed by atoms with E-state index in [2.05, 4.69) is 0 Å². The van der Waals surface area contributed by atoms with Crippen LogP contribution in [0, 0.1) is 25.2 Å². The van der Waals surface area contributed by atoms with Gasteiger partial charge in [-0.25, -0.2) is 8.42 Å². The van der Waals surface area contributed by atoms with Gasteiger partial charge in [0.05, 0.1) is 11.0 Å². The lowest BCUT2D eigenvalue weighted by molar-refractivity contribution is 0.604. The van der Waals surface area contributed by atoms with Gasteiger partial charge in [-0.05, 0) is 37.1 Å². The Kier molecular flexibility index (Phi) is 3.28. The van der Waals surface area contributed by atoms with Crippen molar-refractivity contribution in [3.8, 4) is 6.07 Å². The standard InChI is InChI=1S/C11H11NO2S/c1-9-4-5-11(8-10(9)2)15(13,14)7-3-6-12/h3-5,7-8H,1-2H3. The molecule has 0 aromatic heterocycles. The van der Waals surface area contributed by atoms with Gasteiger partial charge in [0.15, 0.2) is 0 Å². The van der Waals surface area contributed by atoms with E-state index in [1.54, 1.807) is 24.3 Å². The molecule has 4 heteroatoms. The summed E-state index contributed by atoms with van der Waals surface area (Å²) in [5.74, 6) is 0. The van der Waals surface area contributed by atoms with Crippen molar-refractivity contribution >= 4 is 9.84 Å². The molecule has 3 nitrogen and oxygen atoms in total. The van der Waals surface area contributed by atoms with E-state index in [1.807, 2.05) is 13.8 Å². The van der Waals surface area contributed by atoms with Crippen LogP contribution < -0.4 is 0 Å². The van der Waals surface area contributed by atoms with Gasteiger partial charge in [0.1, 0.15) is 0 Å². The number of hydrogen-bond acceptors (Lipinski definition) is 3. The summed E-state index contributed by atoms with van der Waals surface area (Å²) in [7, 11) is -3.46. The lowest BCUT2D eigenvalue weighted by Gasteiger charge is -2.02. The van der Waals surface area contributed by atoms with E-state index in [1.165, 1.54) is 0 Å². The summed E-state index contributed by atoms with van der Waals surface area (Å²) >= 11 is 0. The van der Waals surface area contributed by atoms with E-state index in [-0.39, 0.29) is 4.90 Å². The first-order chi connectivity index (χ1) is 6.97.